The number of carbonyl (C=O) groups is 3. The maximum atomic E-state index is 14.2. The molecule has 1 aliphatic heterocycles. The van der Waals surface area contributed by atoms with Gasteiger partial charge in [-0.25, -0.2) is 13.1 Å². The van der Waals surface area contributed by atoms with Crippen LogP contribution in [-0.4, -0.2) is 93.0 Å². The monoisotopic (exact) mass is 627 g/mol. The van der Waals surface area contributed by atoms with Gasteiger partial charge < -0.3 is 20.4 Å². The van der Waals surface area contributed by atoms with Crippen LogP contribution in [0.5, 0.6) is 0 Å². The van der Waals surface area contributed by atoms with Crippen LogP contribution in [-0.2, 0) is 37.2 Å². The molecule has 3 N–H and O–H groups in total. The minimum absolute atomic E-state index is 0.179. The molecule has 0 bridgehead atoms. The Bertz CT molecular complexity index is 1350. The van der Waals surface area contributed by atoms with E-state index in [4.69, 9.17) is 0 Å². The summed E-state index contributed by atoms with van der Waals surface area (Å²) in [6.07, 6.45) is 3.29. The minimum atomic E-state index is -3.70. The van der Waals surface area contributed by atoms with Gasteiger partial charge in [-0.1, -0.05) is 81.4 Å². The molecule has 0 radical (unpaired) electrons. The maximum absolute atomic E-state index is 14.2. The average molecular weight is 628 g/mol. The van der Waals surface area contributed by atoms with Crippen LogP contribution in [0.15, 0.2) is 60.7 Å². The van der Waals surface area contributed by atoms with Crippen molar-refractivity contribution in [1.82, 2.24) is 25.2 Å². The topological polar surface area (TPSA) is 128 Å². The first-order valence-corrected chi connectivity index (χ1v) is 17.2. The van der Waals surface area contributed by atoms with Gasteiger partial charge in [0, 0.05) is 25.7 Å². The number of rotatable bonds is 14. The smallest absolute Gasteiger partial charge is 0.246 e. The molecule has 44 heavy (non-hydrogen) atoms. The second-order valence-corrected chi connectivity index (χ2v) is 14.6. The molecule has 0 saturated carbocycles. The number of sulfonamides is 1. The summed E-state index contributed by atoms with van der Waals surface area (Å²) in [6.45, 7) is 8.64. The first-order chi connectivity index (χ1) is 20.7. The Kier molecular flexibility index (Phi) is 12.5. The fraction of sp³-hybridized carbons (Fsp3) is 0.545. The molecule has 2 aromatic carbocycles. The lowest BCUT2D eigenvalue weighted by atomic mass is 9.85. The number of likely N-dealkylation sites (tertiary alicyclic amines) is 1. The number of amides is 3. The van der Waals surface area contributed by atoms with E-state index in [9.17, 15) is 22.8 Å². The molecule has 1 heterocycles. The predicted octanol–water partition coefficient (Wildman–Crippen LogP) is 2.35. The van der Waals surface area contributed by atoms with Crippen molar-refractivity contribution >= 4 is 27.7 Å². The number of nitrogens with zero attached hydrogens (tertiary/aromatic N) is 2. The molecule has 10 nitrogen and oxygen atoms in total. The average Bonchev–Trinajstić information content (AvgIpc) is 3.44. The summed E-state index contributed by atoms with van der Waals surface area (Å²) in [7, 11) is -2.00. The fourth-order valence-electron chi connectivity index (χ4n) is 5.49. The van der Waals surface area contributed by atoms with Gasteiger partial charge in [0.1, 0.15) is 12.1 Å². The molecule has 0 spiro atoms. The van der Waals surface area contributed by atoms with E-state index in [1.807, 2.05) is 81.4 Å². The number of benzene rings is 2. The van der Waals surface area contributed by atoms with E-state index in [1.165, 1.54) is 0 Å². The number of carbonyl (C=O) groups excluding carboxylic acids is 3. The van der Waals surface area contributed by atoms with E-state index in [0.29, 0.717) is 25.9 Å². The molecular weight excluding hydrogens is 578 g/mol. The van der Waals surface area contributed by atoms with Crippen LogP contribution in [0.4, 0.5) is 0 Å². The third-order valence-electron chi connectivity index (χ3n) is 8.08. The lowest BCUT2D eigenvalue weighted by Crippen LogP contribution is -2.59. The molecular formula is C33H49N5O5S. The van der Waals surface area contributed by atoms with Crippen molar-refractivity contribution in [3.8, 4) is 0 Å². The van der Waals surface area contributed by atoms with Gasteiger partial charge in [0.25, 0.3) is 0 Å². The van der Waals surface area contributed by atoms with Gasteiger partial charge in [-0.2, -0.15) is 0 Å². The molecule has 242 valence electrons. The van der Waals surface area contributed by atoms with E-state index < -0.39 is 33.6 Å². The largest absolute Gasteiger partial charge is 0.342 e. The van der Waals surface area contributed by atoms with E-state index in [2.05, 4.69) is 15.4 Å². The van der Waals surface area contributed by atoms with Gasteiger partial charge in [-0.15, -0.1) is 0 Å². The lowest BCUT2D eigenvalue weighted by Gasteiger charge is -2.38. The van der Waals surface area contributed by atoms with Crippen LogP contribution in [0.3, 0.4) is 0 Å². The zero-order valence-electron chi connectivity index (χ0n) is 26.9. The summed E-state index contributed by atoms with van der Waals surface area (Å²) < 4.78 is 27.3. The lowest BCUT2D eigenvalue weighted by molar-refractivity contribution is -0.142. The van der Waals surface area contributed by atoms with Gasteiger partial charge in [0.2, 0.25) is 27.7 Å². The number of likely N-dealkylation sites (N-methyl/N-ethyl adjacent to an activating group) is 1. The fourth-order valence-corrected chi connectivity index (χ4v) is 6.19. The third kappa shape index (κ3) is 10.4. The van der Waals surface area contributed by atoms with Gasteiger partial charge in [-0.3, -0.25) is 14.4 Å². The second kappa shape index (κ2) is 15.6. The van der Waals surface area contributed by atoms with Crippen molar-refractivity contribution in [1.29, 1.82) is 0 Å². The number of hydrogen-bond donors (Lipinski definition) is 3. The van der Waals surface area contributed by atoms with Crippen LogP contribution >= 0.6 is 0 Å². The van der Waals surface area contributed by atoms with Crippen LogP contribution in [0.25, 0.3) is 0 Å². The molecule has 3 amide bonds. The van der Waals surface area contributed by atoms with Gasteiger partial charge in [-0.05, 0) is 56.2 Å². The van der Waals surface area contributed by atoms with Crippen molar-refractivity contribution < 1.29 is 22.8 Å². The molecule has 3 rings (SSSR count). The summed E-state index contributed by atoms with van der Waals surface area (Å²) >= 11 is 0. The van der Waals surface area contributed by atoms with E-state index in [0.717, 1.165) is 23.8 Å². The van der Waals surface area contributed by atoms with Crippen LogP contribution in [0.1, 0.15) is 51.7 Å². The van der Waals surface area contributed by atoms with Crippen LogP contribution < -0.4 is 15.4 Å². The van der Waals surface area contributed by atoms with Crippen molar-refractivity contribution in [3.05, 3.63) is 71.8 Å². The van der Waals surface area contributed by atoms with E-state index in [1.54, 1.807) is 23.8 Å². The summed E-state index contributed by atoms with van der Waals surface area (Å²) in [6, 6.07) is 16.6. The van der Waals surface area contributed by atoms with Crippen molar-refractivity contribution in [2.75, 3.05) is 32.9 Å². The Morgan fingerprint density at radius 2 is 1.59 bits per heavy atom. The van der Waals surface area contributed by atoms with Gasteiger partial charge in [0.05, 0.1) is 12.3 Å². The predicted molar refractivity (Wildman–Crippen MR) is 173 cm³/mol. The SMILES string of the molecule is CN[C@@H](C)C(=O)N[C@H](C(=O)N1CCC[C@H]1CN(CCc1ccccc1)C(=O)[C@@H](Cc1ccccc1)NS(C)(=O)=O)C(C)(C)C. The maximum Gasteiger partial charge on any atom is 0.246 e. The normalized spacial score (nSPS) is 17.5. The summed E-state index contributed by atoms with van der Waals surface area (Å²) in [5.74, 6) is -0.771. The number of nitrogens with one attached hydrogen (secondary N) is 3. The molecule has 1 aliphatic rings. The standard InChI is InChI=1S/C33H49N5O5S/c1-24(34-5)30(39)35-29(33(2,3)4)32(41)38-20-13-18-27(38)23-37(21-19-25-14-9-7-10-15-25)31(40)28(36-44(6,42)43)22-26-16-11-8-12-17-26/h7-12,14-17,24,27-29,34,36H,13,18-23H2,1-6H3,(H,35,39)/t24-,27-,28+,29+/m0/s1. The molecule has 1 fully saturated rings. The Morgan fingerprint density at radius 1 is 1.00 bits per heavy atom. The molecule has 1 saturated heterocycles. The molecule has 0 unspecified atom stereocenters. The summed E-state index contributed by atoms with van der Waals surface area (Å²) in [5.41, 5.74) is 1.34. The Hall–Kier alpha value is -3.28. The molecule has 0 aliphatic carbocycles. The second-order valence-electron chi connectivity index (χ2n) is 12.8. The van der Waals surface area contributed by atoms with Crippen molar-refractivity contribution in [2.24, 2.45) is 5.41 Å². The van der Waals surface area contributed by atoms with Gasteiger partial charge in [0.15, 0.2) is 0 Å². The highest BCUT2D eigenvalue weighted by atomic mass is 32.2. The molecule has 11 heteroatoms. The summed E-state index contributed by atoms with van der Waals surface area (Å²) in [4.78, 5) is 44.5. The Labute approximate surface area is 263 Å². The molecule has 0 aromatic heterocycles. The van der Waals surface area contributed by atoms with Crippen molar-refractivity contribution in [3.63, 3.8) is 0 Å². The van der Waals surface area contributed by atoms with Gasteiger partial charge >= 0.3 is 0 Å². The van der Waals surface area contributed by atoms with Crippen LogP contribution in [0, 0.1) is 5.41 Å². The molecule has 4 atom stereocenters. The van der Waals surface area contributed by atoms with E-state index >= 15 is 0 Å². The molecule has 2 aromatic rings. The Morgan fingerprint density at radius 3 is 2.14 bits per heavy atom. The first kappa shape index (κ1) is 35.2. The highest BCUT2D eigenvalue weighted by Crippen LogP contribution is 2.27. The van der Waals surface area contributed by atoms with E-state index in [-0.39, 0.29) is 36.7 Å². The quantitative estimate of drug-likeness (QED) is 0.295. The van der Waals surface area contributed by atoms with Crippen molar-refractivity contribution in [2.45, 2.75) is 77.5 Å². The number of hydrogen-bond acceptors (Lipinski definition) is 6. The highest BCUT2D eigenvalue weighted by Gasteiger charge is 2.41. The zero-order valence-corrected chi connectivity index (χ0v) is 27.7. The Balaban J connectivity index is 1.89. The first-order valence-electron chi connectivity index (χ1n) is 15.3. The third-order valence-corrected chi connectivity index (χ3v) is 8.79. The van der Waals surface area contributed by atoms with Crippen LogP contribution in [0.2, 0.25) is 0 Å². The minimum Gasteiger partial charge on any atom is -0.342 e. The zero-order chi connectivity index (χ0) is 32.5. The highest BCUT2D eigenvalue weighted by molar-refractivity contribution is 7.88. The summed E-state index contributed by atoms with van der Waals surface area (Å²) in [5, 5.41) is 5.87.